The lowest BCUT2D eigenvalue weighted by Crippen LogP contribution is -2.01. The molecular formula is C20H13ClN4O2. The second-order valence-electron chi connectivity index (χ2n) is 6.01. The fraction of sp³-hybridized carbons (Fsp3) is 0.100. The normalized spacial score (nSPS) is 10.9. The standard InChI is InChI=1S/C20H13ClN4O2/c1-27-20(26)15-11-25(18-4-5-23-17(8-22)19(15)18)10-12-2-3-16-13(6-12)7-14(21)9-24-16/h2-7,9,11H,10H2,1H3. The van der Waals surface area contributed by atoms with Crippen LogP contribution in [-0.4, -0.2) is 27.6 Å². The molecule has 27 heavy (non-hydrogen) atoms. The Balaban J connectivity index is 1.85. The van der Waals surface area contributed by atoms with E-state index in [1.165, 1.54) is 7.11 Å². The molecule has 0 radical (unpaired) electrons. The molecule has 0 N–H and O–H groups in total. The summed E-state index contributed by atoms with van der Waals surface area (Å²) in [6.07, 6.45) is 4.87. The van der Waals surface area contributed by atoms with Gasteiger partial charge in [0.2, 0.25) is 0 Å². The molecule has 4 rings (SSSR count). The number of methoxy groups -OCH3 is 1. The molecule has 0 aliphatic heterocycles. The van der Waals surface area contributed by atoms with Gasteiger partial charge in [0.25, 0.3) is 0 Å². The summed E-state index contributed by atoms with van der Waals surface area (Å²) < 4.78 is 6.77. The summed E-state index contributed by atoms with van der Waals surface area (Å²) in [5, 5.41) is 11.4. The topological polar surface area (TPSA) is 80.8 Å². The molecule has 0 aliphatic rings. The van der Waals surface area contributed by atoms with E-state index in [0.717, 1.165) is 22.0 Å². The number of nitriles is 1. The summed E-state index contributed by atoms with van der Waals surface area (Å²) in [6.45, 7) is 0.505. The zero-order valence-electron chi connectivity index (χ0n) is 14.3. The number of carbonyl (C=O) groups excluding carboxylic acids is 1. The Morgan fingerprint density at radius 1 is 1.30 bits per heavy atom. The molecule has 0 saturated carbocycles. The number of benzene rings is 1. The van der Waals surface area contributed by atoms with E-state index >= 15 is 0 Å². The highest BCUT2D eigenvalue weighted by molar-refractivity contribution is 6.31. The lowest BCUT2D eigenvalue weighted by Gasteiger charge is -2.07. The maximum Gasteiger partial charge on any atom is 0.340 e. The van der Waals surface area contributed by atoms with Gasteiger partial charge in [0, 0.05) is 30.5 Å². The number of hydrogen-bond acceptors (Lipinski definition) is 5. The number of halogens is 1. The quantitative estimate of drug-likeness (QED) is 0.506. The minimum Gasteiger partial charge on any atom is -0.465 e. The van der Waals surface area contributed by atoms with Crippen LogP contribution in [0, 0.1) is 11.3 Å². The summed E-state index contributed by atoms with van der Waals surface area (Å²) in [5.41, 5.74) is 3.12. The molecule has 0 aliphatic carbocycles. The van der Waals surface area contributed by atoms with Gasteiger partial charge in [0.05, 0.1) is 34.1 Å². The molecule has 3 heterocycles. The van der Waals surface area contributed by atoms with Crippen LogP contribution in [0.25, 0.3) is 21.8 Å². The van der Waals surface area contributed by atoms with Crippen molar-refractivity contribution in [1.82, 2.24) is 14.5 Å². The molecule has 7 heteroatoms. The van der Waals surface area contributed by atoms with Crippen molar-refractivity contribution in [2.75, 3.05) is 7.11 Å². The van der Waals surface area contributed by atoms with E-state index in [0.29, 0.717) is 22.5 Å². The molecule has 132 valence electrons. The molecule has 0 bridgehead atoms. The Morgan fingerprint density at radius 3 is 2.93 bits per heavy atom. The first kappa shape index (κ1) is 17.0. The Morgan fingerprint density at radius 2 is 2.15 bits per heavy atom. The summed E-state index contributed by atoms with van der Waals surface area (Å²) in [7, 11) is 1.31. The number of hydrogen-bond donors (Lipinski definition) is 0. The van der Waals surface area contributed by atoms with Crippen LogP contribution in [0.3, 0.4) is 0 Å². The molecular weight excluding hydrogens is 364 g/mol. The number of esters is 1. The predicted octanol–water partition coefficient (Wildman–Crippen LogP) is 3.94. The third-order valence-corrected chi connectivity index (χ3v) is 4.58. The molecule has 0 fully saturated rings. The number of fused-ring (bicyclic) bond motifs is 2. The van der Waals surface area contributed by atoms with Crippen LogP contribution in [0.4, 0.5) is 0 Å². The van der Waals surface area contributed by atoms with E-state index < -0.39 is 5.97 Å². The largest absolute Gasteiger partial charge is 0.465 e. The second-order valence-corrected chi connectivity index (χ2v) is 6.44. The van der Waals surface area contributed by atoms with Crippen molar-refractivity contribution in [3.8, 4) is 6.07 Å². The maximum atomic E-state index is 12.2. The van der Waals surface area contributed by atoms with Gasteiger partial charge in [-0.15, -0.1) is 0 Å². The van der Waals surface area contributed by atoms with Gasteiger partial charge in [-0.05, 0) is 29.8 Å². The Bertz CT molecular complexity index is 1240. The first-order valence-electron chi connectivity index (χ1n) is 8.11. The van der Waals surface area contributed by atoms with Gasteiger partial charge in [-0.25, -0.2) is 9.78 Å². The summed E-state index contributed by atoms with van der Waals surface area (Å²) in [4.78, 5) is 20.5. The number of ether oxygens (including phenoxy) is 1. The zero-order chi connectivity index (χ0) is 19.0. The highest BCUT2D eigenvalue weighted by Gasteiger charge is 2.19. The highest BCUT2D eigenvalue weighted by atomic mass is 35.5. The summed E-state index contributed by atoms with van der Waals surface area (Å²) in [6, 6.07) is 11.6. The maximum absolute atomic E-state index is 12.2. The van der Waals surface area contributed by atoms with Crippen molar-refractivity contribution in [2.24, 2.45) is 0 Å². The molecule has 0 amide bonds. The van der Waals surface area contributed by atoms with Gasteiger partial charge in [-0.2, -0.15) is 5.26 Å². The van der Waals surface area contributed by atoms with Crippen molar-refractivity contribution in [3.05, 3.63) is 70.8 Å². The van der Waals surface area contributed by atoms with Crippen molar-refractivity contribution < 1.29 is 9.53 Å². The van der Waals surface area contributed by atoms with Gasteiger partial charge in [0.15, 0.2) is 5.69 Å². The van der Waals surface area contributed by atoms with Crippen LogP contribution >= 0.6 is 11.6 Å². The van der Waals surface area contributed by atoms with Crippen LogP contribution in [0.1, 0.15) is 21.6 Å². The van der Waals surface area contributed by atoms with Gasteiger partial charge >= 0.3 is 5.97 Å². The Hall–Kier alpha value is -3.43. The average Bonchev–Trinajstić information content (AvgIpc) is 3.05. The lowest BCUT2D eigenvalue weighted by atomic mass is 10.1. The van der Waals surface area contributed by atoms with Crippen LogP contribution in [0.5, 0.6) is 0 Å². The molecule has 1 aromatic carbocycles. The molecule has 4 aromatic rings. The van der Waals surface area contributed by atoms with E-state index in [1.54, 1.807) is 24.7 Å². The van der Waals surface area contributed by atoms with Crippen LogP contribution in [-0.2, 0) is 11.3 Å². The first-order valence-corrected chi connectivity index (χ1v) is 8.49. The van der Waals surface area contributed by atoms with Crippen LogP contribution in [0.15, 0.2) is 48.9 Å². The molecule has 0 atom stereocenters. The fourth-order valence-electron chi connectivity index (χ4n) is 3.18. The fourth-order valence-corrected chi connectivity index (χ4v) is 3.34. The van der Waals surface area contributed by atoms with Crippen LogP contribution < -0.4 is 0 Å². The van der Waals surface area contributed by atoms with E-state index in [1.807, 2.05) is 34.9 Å². The van der Waals surface area contributed by atoms with Gasteiger partial charge in [0.1, 0.15) is 6.07 Å². The molecule has 6 nitrogen and oxygen atoms in total. The number of rotatable bonds is 3. The highest BCUT2D eigenvalue weighted by Crippen LogP contribution is 2.26. The average molecular weight is 377 g/mol. The first-order chi connectivity index (χ1) is 13.1. The molecule has 3 aromatic heterocycles. The van der Waals surface area contributed by atoms with E-state index in [4.69, 9.17) is 16.3 Å². The third kappa shape index (κ3) is 2.98. The molecule has 0 unspecified atom stereocenters. The molecule has 0 saturated heterocycles. The number of nitrogens with zero attached hydrogens (tertiary/aromatic N) is 4. The van der Waals surface area contributed by atoms with E-state index in [9.17, 15) is 10.1 Å². The van der Waals surface area contributed by atoms with Crippen LogP contribution in [0.2, 0.25) is 5.02 Å². The minimum atomic E-state index is -0.502. The number of aromatic nitrogens is 3. The van der Waals surface area contributed by atoms with Crippen molar-refractivity contribution >= 4 is 39.4 Å². The minimum absolute atomic E-state index is 0.196. The third-order valence-electron chi connectivity index (χ3n) is 4.37. The van der Waals surface area contributed by atoms with Gasteiger partial charge in [-0.3, -0.25) is 4.98 Å². The van der Waals surface area contributed by atoms with E-state index in [2.05, 4.69) is 9.97 Å². The van der Waals surface area contributed by atoms with Crippen molar-refractivity contribution in [3.63, 3.8) is 0 Å². The second kappa shape index (κ2) is 6.71. The number of carbonyl (C=O) groups is 1. The Labute approximate surface area is 159 Å². The van der Waals surface area contributed by atoms with Crippen molar-refractivity contribution in [1.29, 1.82) is 5.26 Å². The Kier molecular flexibility index (Phi) is 4.22. The summed E-state index contributed by atoms with van der Waals surface area (Å²) in [5.74, 6) is -0.502. The lowest BCUT2D eigenvalue weighted by molar-refractivity contribution is 0.0602. The van der Waals surface area contributed by atoms with Gasteiger partial charge in [-0.1, -0.05) is 17.7 Å². The zero-order valence-corrected chi connectivity index (χ0v) is 15.1. The monoisotopic (exact) mass is 376 g/mol. The van der Waals surface area contributed by atoms with E-state index in [-0.39, 0.29) is 5.69 Å². The summed E-state index contributed by atoms with van der Waals surface area (Å²) >= 11 is 6.04. The van der Waals surface area contributed by atoms with Gasteiger partial charge < -0.3 is 9.30 Å². The SMILES string of the molecule is COC(=O)c1cn(Cc2ccc3ncc(Cl)cc3c2)c2ccnc(C#N)c12. The predicted molar refractivity (Wildman–Crippen MR) is 102 cm³/mol. The number of pyridine rings is 2. The smallest absolute Gasteiger partial charge is 0.340 e. The van der Waals surface area contributed by atoms with Crippen molar-refractivity contribution in [2.45, 2.75) is 6.54 Å². The molecule has 0 spiro atoms.